The zero-order valence-electron chi connectivity index (χ0n) is 22.4. The Hall–Kier alpha value is -2.78. The molecule has 3 heterocycles. The van der Waals surface area contributed by atoms with Gasteiger partial charge < -0.3 is 10.2 Å². The minimum atomic E-state index is -0.455. The molecule has 0 aliphatic carbocycles. The van der Waals surface area contributed by atoms with Crippen molar-refractivity contribution in [3.05, 3.63) is 41.7 Å². The molecule has 4 rings (SSSR count). The van der Waals surface area contributed by atoms with Crippen molar-refractivity contribution in [1.29, 1.82) is 0 Å². The van der Waals surface area contributed by atoms with Crippen molar-refractivity contribution in [3.63, 3.8) is 0 Å². The summed E-state index contributed by atoms with van der Waals surface area (Å²) in [6.45, 7) is 15.2. The van der Waals surface area contributed by atoms with Crippen LogP contribution < -0.4 is 15.5 Å². The smallest absolute Gasteiger partial charge is 0.231 e. The summed E-state index contributed by atoms with van der Waals surface area (Å²) in [7, 11) is 2.16. The Balaban J connectivity index is 1.46. The fraction of sp³-hybridized carbons (Fsp3) is 0.519. The van der Waals surface area contributed by atoms with Crippen molar-refractivity contribution >= 4 is 33.9 Å². The summed E-state index contributed by atoms with van der Waals surface area (Å²) < 4.78 is 14.6. The van der Waals surface area contributed by atoms with Crippen LogP contribution in [0.15, 0.2) is 35.8 Å². The van der Waals surface area contributed by atoms with Crippen LogP contribution in [0.3, 0.4) is 0 Å². The number of benzene rings is 1. The fourth-order valence-electron chi connectivity index (χ4n) is 5.19. The van der Waals surface area contributed by atoms with Gasteiger partial charge in [0.25, 0.3) is 0 Å². The number of likely N-dealkylation sites (tertiary alicyclic amines) is 1. The Morgan fingerprint density at radius 3 is 2.31 bits per heavy atom. The number of nitrogens with zero attached hydrogens (tertiary/aromatic N) is 5. The van der Waals surface area contributed by atoms with E-state index in [0.717, 1.165) is 37.2 Å². The lowest BCUT2D eigenvalue weighted by Crippen LogP contribution is -2.61. The Bertz CT molecular complexity index is 1150. The van der Waals surface area contributed by atoms with Gasteiger partial charge in [0.1, 0.15) is 0 Å². The van der Waals surface area contributed by atoms with Crippen molar-refractivity contribution in [1.82, 2.24) is 19.9 Å². The molecular formula is C27H38FN7S. The van der Waals surface area contributed by atoms with Crippen molar-refractivity contribution < 1.29 is 4.39 Å². The maximum Gasteiger partial charge on any atom is 0.231 e. The second-order valence-corrected chi connectivity index (χ2v) is 11.6. The Morgan fingerprint density at radius 1 is 1.06 bits per heavy atom. The monoisotopic (exact) mass is 511 g/mol. The first-order chi connectivity index (χ1) is 17.0. The van der Waals surface area contributed by atoms with Gasteiger partial charge in [0.2, 0.25) is 5.95 Å². The number of thiazole rings is 1. The minimum Gasteiger partial charge on any atom is -0.372 e. The van der Waals surface area contributed by atoms with Crippen molar-refractivity contribution in [2.24, 2.45) is 0 Å². The van der Waals surface area contributed by atoms with Gasteiger partial charge >= 0.3 is 0 Å². The first kappa shape index (κ1) is 26.3. The topological polar surface area (TPSA) is 69.2 Å². The molecule has 0 unspecified atom stereocenters. The standard InChI is InChI=1S/C27H38FN7S/c1-8-35(9-2)20-12-10-18(11-13-20)22-17-36-25(31-22)33-24-29-16-21(28)23(32-24)30-19-14-26(3,4)34(7)27(5,6)15-19/h10-13,16-17,19H,8-9,14-15H2,1-7H3,(H2,29,30,31,32,33). The number of nitrogens with one attached hydrogen (secondary N) is 2. The molecule has 0 atom stereocenters. The summed E-state index contributed by atoms with van der Waals surface area (Å²) in [6.07, 6.45) is 2.99. The van der Waals surface area contributed by atoms with E-state index in [1.807, 2.05) is 5.38 Å². The highest BCUT2D eigenvalue weighted by Gasteiger charge is 2.43. The van der Waals surface area contributed by atoms with Gasteiger partial charge in [-0.2, -0.15) is 4.98 Å². The number of aromatic nitrogens is 3. The van der Waals surface area contributed by atoms with Gasteiger partial charge in [-0.25, -0.2) is 14.4 Å². The molecule has 1 aromatic carbocycles. The van der Waals surface area contributed by atoms with Gasteiger partial charge in [0, 0.05) is 46.8 Å². The molecule has 2 N–H and O–H groups in total. The van der Waals surface area contributed by atoms with Crippen LogP contribution in [0.4, 0.5) is 27.0 Å². The Morgan fingerprint density at radius 2 is 1.69 bits per heavy atom. The lowest BCUT2D eigenvalue weighted by Gasteiger charge is -2.53. The molecule has 9 heteroatoms. The van der Waals surface area contributed by atoms with Gasteiger partial charge in [-0.3, -0.25) is 10.2 Å². The molecule has 194 valence electrons. The molecule has 1 fully saturated rings. The number of halogens is 1. The first-order valence-corrected chi connectivity index (χ1v) is 13.5. The van der Waals surface area contributed by atoms with Crippen molar-refractivity contribution in [2.45, 2.75) is 71.5 Å². The minimum absolute atomic E-state index is 0.00907. The number of hydrogen-bond donors (Lipinski definition) is 2. The van der Waals surface area contributed by atoms with Crippen molar-refractivity contribution in [2.75, 3.05) is 35.7 Å². The third kappa shape index (κ3) is 5.62. The van der Waals surface area contributed by atoms with Crippen LogP contribution in [-0.2, 0) is 0 Å². The molecule has 1 saturated heterocycles. The van der Waals surface area contributed by atoms with Crippen LogP contribution in [0, 0.1) is 5.82 Å². The predicted octanol–water partition coefficient (Wildman–Crippen LogP) is 6.39. The lowest BCUT2D eigenvalue weighted by atomic mass is 9.77. The second kappa shape index (κ2) is 10.3. The molecule has 0 amide bonds. The maximum absolute atomic E-state index is 14.6. The molecule has 36 heavy (non-hydrogen) atoms. The normalized spacial score (nSPS) is 17.7. The van der Waals surface area contributed by atoms with E-state index in [1.54, 1.807) is 0 Å². The molecule has 0 radical (unpaired) electrons. The van der Waals surface area contributed by atoms with Crippen LogP contribution in [0.1, 0.15) is 54.4 Å². The van der Waals surface area contributed by atoms with E-state index in [2.05, 4.69) is 103 Å². The summed E-state index contributed by atoms with van der Waals surface area (Å²) in [5, 5.41) is 9.16. The second-order valence-electron chi connectivity index (χ2n) is 10.7. The van der Waals surface area contributed by atoms with E-state index < -0.39 is 5.82 Å². The summed E-state index contributed by atoms with van der Waals surface area (Å²) >= 11 is 1.47. The van der Waals surface area contributed by atoms with Crippen LogP contribution in [0.25, 0.3) is 11.3 Å². The molecule has 0 bridgehead atoms. The highest BCUT2D eigenvalue weighted by atomic mass is 32.1. The highest BCUT2D eigenvalue weighted by Crippen LogP contribution is 2.38. The molecule has 1 aliphatic rings. The Kier molecular flexibility index (Phi) is 7.52. The van der Waals surface area contributed by atoms with E-state index in [0.29, 0.717) is 11.1 Å². The SMILES string of the molecule is CCN(CC)c1ccc(-c2csc(Nc3ncc(F)c(NC4CC(C)(C)N(C)C(C)(C)C4)n3)n2)cc1. The molecule has 0 spiro atoms. The lowest BCUT2D eigenvalue weighted by molar-refractivity contribution is -0.00778. The predicted molar refractivity (Wildman–Crippen MR) is 149 cm³/mol. The van der Waals surface area contributed by atoms with E-state index in [4.69, 9.17) is 4.98 Å². The summed E-state index contributed by atoms with van der Waals surface area (Å²) in [6, 6.07) is 8.54. The van der Waals surface area contributed by atoms with E-state index in [-0.39, 0.29) is 22.9 Å². The number of anilines is 4. The van der Waals surface area contributed by atoms with Gasteiger partial charge in [-0.05, 0) is 73.6 Å². The third-order valence-corrected chi connectivity index (χ3v) is 8.17. The average molecular weight is 512 g/mol. The van der Waals surface area contributed by atoms with Gasteiger partial charge in [-0.15, -0.1) is 11.3 Å². The number of rotatable bonds is 8. The quantitative estimate of drug-likeness (QED) is 0.363. The first-order valence-electron chi connectivity index (χ1n) is 12.6. The number of piperidine rings is 1. The van der Waals surface area contributed by atoms with Crippen LogP contribution >= 0.6 is 11.3 Å². The zero-order chi connectivity index (χ0) is 26.1. The van der Waals surface area contributed by atoms with Gasteiger partial charge in [-0.1, -0.05) is 12.1 Å². The van der Waals surface area contributed by atoms with E-state index in [1.165, 1.54) is 23.2 Å². The Labute approximate surface area is 218 Å². The van der Waals surface area contributed by atoms with Crippen molar-refractivity contribution in [3.8, 4) is 11.3 Å². The van der Waals surface area contributed by atoms with Gasteiger partial charge in [0.15, 0.2) is 16.8 Å². The molecule has 3 aromatic rings. The molecular weight excluding hydrogens is 473 g/mol. The van der Waals surface area contributed by atoms with Crippen LogP contribution in [0.5, 0.6) is 0 Å². The fourth-order valence-corrected chi connectivity index (χ4v) is 5.90. The average Bonchev–Trinajstić information content (AvgIpc) is 3.29. The molecule has 7 nitrogen and oxygen atoms in total. The van der Waals surface area contributed by atoms with E-state index >= 15 is 0 Å². The van der Waals surface area contributed by atoms with Crippen LogP contribution in [0.2, 0.25) is 0 Å². The zero-order valence-corrected chi connectivity index (χ0v) is 23.2. The molecule has 1 aliphatic heterocycles. The summed E-state index contributed by atoms with van der Waals surface area (Å²) in [4.78, 5) is 18.0. The van der Waals surface area contributed by atoms with E-state index in [9.17, 15) is 4.39 Å². The highest BCUT2D eigenvalue weighted by molar-refractivity contribution is 7.14. The molecule has 0 saturated carbocycles. The third-order valence-electron chi connectivity index (χ3n) is 7.41. The molecule has 2 aromatic heterocycles. The largest absolute Gasteiger partial charge is 0.372 e. The summed E-state index contributed by atoms with van der Waals surface area (Å²) in [5.41, 5.74) is 3.11. The van der Waals surface area contributed by atoms with Crippen LogP contribution in [-0.4, -0.2) is 57.1 Å². The maximum atomic E-state index is 14.6. The summed E-state index contributed by atoms with van der Waals surface area (Å²) in [5.74, 6) is 0.0868. The van der Waals surface area contributed by atoms with Gasteiger partial charge in [0.05, 0.1) is 11.9 Å². The number of hydrogen-bond acceptors (Lipinski definition) is 8.